The van der Waals surface area contributed by atoms with E-state index in [0.29, 0.717) is 0 Å². The number of hydrogen-bond acceptors (Lipinski definition) is 3. The van der Waals surface area contributed by atoms with Gasteiger partial charge in [0.2, 0.25) is 0 Å². The van der Waals surface area contributed by atoms with E-state index >= 15 is 0 Å². The zero-order valence-corrected chi connectivity index (χ0v) is 12.8. The van der Waals surface area contributed by atoms with Crippen molar-refractivity contribution in [2.75, 3.05) is 0 Å². The zero-order chi connectivity index (χ0) is 17.1. The summed E-state index contributed by atoms with van der Waals surface area (Å²) in [5.74, 6) is -2.50. The summed E-state index contributed by atoms with van der Waals surface area (Å²) >= 11 is 0. The fourth-order valence-corrected chi connectivity index (χ4v) is 2.26. The molecule has 0 aliphatic heterocycles. The lowest BCUT2D eigenvalue weighted by Gasteiger charge is -2.15. The van der Waals surface area contributed by atoms with E-state index in [2.05, 4.69) is 15.4 Å². The quantitative estimate of drug-likeness (QED) is 0.801. The molecule has 1 aromatic heterocycles. The number of carbonyl (C=O) groups excluding carboxylic acids is 1. The van der Waals surface area contributed by atoms with E-state index in [1.807, 2.05) is 31.2 Å². The minimum atomic E-state index is -1.05. The van der Waals surface area contributed by atoms with E-state index in [1.54, 1.807) is 11.0 Å². The van der Waals surface area contributed by atoms with E-state index in [1.165, 1.54) is 12.4 Å². The largest absolute Gasteiger partial charge is 0.346 e. The Kier molecular flexibility index (Phi) is 4.33. The second kappa shape index (κ2) is 6.57. The molecule has 0 aliphatic carbocycles. The van der Waals surface area contributed by atoms with Crippen molar-refractivity contribution in [1.29, 1.82) is 0 Å². The summed E-state index contributed by atoms with van der Waals surface area (Å²) in [6.45, 7) is 1.81. The van der Waals surface area contributed by atoms with Crippen LogP contribution in [-0.2, 0) is 0 Å². The molecule has 1 atom stereocenters. The molecule has 3 aromatic rings. The van der Waals surface area contributed by atoms with Gasteiger partial charge in [0.15, 0.2) is 11.6 Å². The molecule has 7 heteroatoms. The summed E-state index contributed by atoms with van der Waals surface area (Å²) < 4.78 is 27.8. The van der Waals surface area contributed by atoms with Gasteiger partial charge in [0, 0.05) is 5.56 Å². The lowest BCUT2D eigenvalue weighted by Crippen LogP contribution is -2.26. The topological polar surface area (TPSA) is 59.8 Å². The number of nitrogens with one attached hydrogen (secondary N) is 1. The predicted octanol–water partition coefficient (Wildman–Crippen LogP) is 3.04. The summed E-state index contributed by atoms with van der Waals surface area (Å²) in [6, 6.07) is 10.2. The third-order valence-corrected chi connectivity index (χ3v) is 3.61. The lowest BCUT2D eigenvalue weighted by atomic mass is 10.1. The molecule has 0 saturated carbocycles. The molecule has 122 valence electrons. The number of aromatic nitrogens is 3. The first-order valence-electron chi connectivity index (χ1n) is 7.25. The molecule has 0 spiro atoms. The van der Waals surface area contributed by atoms with Gasteiger partial charge in [0.1, 0.15) is 12.7 Å². The number of carbonyl (C=O) groups is 1. The van der Waals surface area contributed by atoms with Crippen molar-refractivity contribution < 1.29 is 13.6 Å². The fraction of sp³-hybridized carbons (Fsp3) is 0.118. The average molecular weight is 328 g/mol. The van der Waals surface area contributed by atoms with Gasteiger partial charge in [0.05, 0.1) is 11.7 Å². The molecule has 24 heavy (non-hydrogen) atoms. The molecule has 1 unspecified atom stereocenters. The van der Waals surface area contributed by atoms with Crippen LogP contribution in [-0.4, -0.2) is 20.7 Å². The standard InChI is InChI=1S/C17H14F2N4O/c1-11(22-17(24)13-4-7-15(18)16(19)8-13)12-2-5-14(6-3-12)23-10-20-9-21-23/h2-11H,1H3,(H,22,24). The van der Waals surface area contributed by atoms with Gasteiger partial charge in [-0.2, -0.15) is 5.10 Å². The molecule has 1 N–H and O–H groups in total. The first-order chi connectivity index (χ1) is 11.5. The van der Waals surface area contributed by atoms with Gasteiger partial charge in [-0.1, -0.05) is 12.1 Å². The van der Waals surface area contributed by atoms with Crippen LogP contribution in [0.15, 0.2) is 55.1 Å². The number of hydrogen-bond donors (Lipinski definition) is 1. The molecular formula is C17H14F2N4O. The van der Waals surface area contributed by atoms with Crippen LogP contribution in [0.2, 0.25) is 0 Å². The molecule has 0 fully saturated rings. The van der Waals surface area contributed by atoms with Crippen LogP contribution in [0.3, 0.4) is 0 Å². The minimum absolute atomic E-state index is 0.0694. The SMILES string of the molecule is CC(NC(=O)c1ccc(F)c(F)c1)c1ccc(-n2cncn2)cc1. The Morgan fingerprint density at radius 2 is 1.88 bits per heavy atom. The molecule has 5 nitrogen and oxygen atoms in total. The van der Waals surface area contributed by atoms with Crippen LogP contribution in [0, 0.1) is 11.6 Å². The molecule has 1 amide bonds. The Labute approximate surface area is 137 Å². The van der Waals surface area contributed by atoms with Gasteiger partial charge in [-0.05, 0) is 42.8 Å². The van der Waals surface area contributed by atoms with E-state index in [-0.39, 0.29) is 11.6 Å². The Balaban J connectivity index is 1.71. The van der Waals surface area contributed by atoms with Crippen molar-refractivity contribution >= 4 is 5.91 Å². The van der Waals surface area contributed by atoms with Gasteiger partial charge < -0.3 is 5.32 Å². The predicted molar refractivity (Wildman–Crippen MR) is 83.6 cm³/mol. The number of rotatable bonds is 4. The van der Waals surface area contributed by atoms with Crippen molar-refractivity contribution in [2.45, 2.75) is 13.0 Å². The lowest BCUT2D eigenvalue weighted by molar-refractivity contribution is 0.0939. The Morgan fingerprint density at radius 3 is 2.50 bits per heavy atom. The third-order valence-electron chi connectivity index (χ3n) is 3.61. The highest BCUT2D eigenvalue weighted by Crippen LogP contribution is 2.16. The van der Waals surface area contributed by atoms with Crippen LogP contribution in [0.25, 0.3) is 5.69 Å². The van der Waals surface area contributed by atoms with Crippen LogP contribution in [0.4, 0.5) is 8.78 Å². The summed E-state index contributed by atoms with van der Waals surface area (Å²) in [7, 11) is 0. The minimum Gasteiger partial charge on any atom is -0.346 e. The molecule has 2 aromatic carbocycles. The monoisotopic (exact) mass is 328 g/mol. The Bertz CT molecular complexity index is 848. The number of benzene rings is 2. The number of halogens is 2. The van der Waals surface area contributed by atoms with Crippen molar-refractivity contribution in [2.24, 2.45) is 0 Å². The maximum atomic E-state index is 13.2. The van der Waals surface area contributed by atoms with Crippen molar-refractivity contribution in [3.05, 3.63) is 77.9 Å². The van der Waals surface area contributed by atoms with Gasteiger partial charge in [-0.15, -0.1) is 0 Å². The summed E-state index contributed by atoms with van der Waals surface area (Å²) in [5.41, 5.74) is 1.78. The fourth-order valence-electron chi connectivity index (χ4n) is 2.26. The highest BCUT2D eigenvalue weighted by Gasteiger charge is 2.13. The second-order valence-electron chi connectivity index (χ2n) is 5.26. The van der Waals surface area contributed by atoms with Gasteiger partial charge in [0.25, 0.3) is 5.91 Å². The highest BCUT2D eigenvalue weighted by molar-refractivity contribution is 5.94. The third kappa shape index (κ3) is 3.29. The molecule has 3 rings (SSSR count). The molecular weight excluding hydrogens is 314 g/mol. The summed E-state index contributed by atoms with van der Waals surface area (Å²) in [6.07, 6.45) is 3.03. The maximum absolute atomic E-state index is 13.2. The van der Waals surface area contributed by atoms with Crippen LogP contribution in [0.1, 0.15) is 28.9 Å². The first kappa shape index (κ1) is 15.8. The highest BCUT2D eigenvalue weighted by atomic mass is 19.2. The van der Waals surface area contributed by atoms with Gasteiger partial charge in [-0.3, -0.25) is 4.79 Å². The second-order valence-corrected chi connectivity index (χ2v) is 5.26. The van der Waals surface area contributed by atoms with Crippen LogP contribution >= 0.6 is 0 Å². The van der Waals surface area contributed by atoms with Gasteiger partial charge >= 0.3 is 0 Å². The van der Waals surface area contributed by atoms with Crippen molar-refractivity contribution in [1.82, 2.24) is 20.1 Å². The average Bonchev–Trinajstić information content (AvgIpc) is 3.12. The van der Waals surface area contributed by atoms with Crippen molar-refractivity contribution in [3.63, 3.8) is 0 Å². The summed E-state index contributed by atoms with van der Waals surface area (Å²) in [4.78, 5) is 16.0. The Hall–Kier alpha value is -3.09. The smallest absolute Gasteiger partial charge is 0.251 e. The maximum Gasteiger partial charge on any atom is 0.251 e. The Morgan fingerprint density at radius 1 is 1.12 bits per heavy atom. The molecule has 1 heterocycles. The molecule has 0 aliphatic rings. The molecule has 0 bridgehead atoms. The normalized spacial score (nSPS) is 12.0. The molecule has 0 saturated heterocycles. The number of amides is 1. The van der Waals surface area contributed by atoms with E-state index in [9.17, 15) is 13.6 Å². The van der Waals surface area contributed by atoms with Gasteiger partial charge in [-0.25, -0.2) is 18.4 Å². The van der Waals surface area contributed by atoms with Crippen LogP contribution in [0.5, 0.6) is 0 Å². The number of nitrogens with zero attached hydrogens (tertiary/aromatic N) is 3. The van der Waals surface area contributed by atoms with Crippen molar-refractivity contribution in [3.8, 4) is 5.69 Å². The molecule has 0 radical (unpaired) electrons. The zero-order valence-electron chi connectivity index (χ0n) is 12.8. The summed E-state index contributed by atoms with van der Waals surface area (Å²) in [5, 5.41) is 6.78. The van der Waals surface area contributed by atoms with Crippen LogP contribution < -0.4 is 5.32 Å². The van der Waals surface area contributed by atoms with E-state index in [4.69, 9.17) is 0 Å². The van der Waals surface area contributed by atoms with E-state index in [0.717, 1.165) is 23.4 Å². The first-order valence-corrected chi connectivity index (χ1v) is 7.25. The van der Waals surface area contributed by atoms with E-state index < -0.39 is 17.5 Å².